The molecule has 1 N–H and O–H groups in total. The first-order valence-electron chi connectivity index (χ1n) is 6.74. The molecule has 1 aromatic heterocycles. The minimum absolute atomic E-state index is 0.00697. The molecule has 1 aliphatic rings. The van der Waals surface area contributed by atoms with Crippen molar-refractivity contribution in [3.63, 3.8) is 0 Å². The first-order chi connectivity index (χ1) is 8.95. The molecule has 1 aromatic rings. The highest BCUT2D eigenvalue weighted by Gasteiger charge is 2.24. The molecule has 0 atom stereocenters. The van der Waals surface area contributed by atoms with Crippen LogP contribution in [-0.4, -0.2) is 22.8 Å². The summed E-state index contributed by atoms with van der Waals surface area (Å²) < 4.78 is 0. The maximum atomic E-state index is 9.43. The topological polar surface area (TPSA) is 45.5 Å². The Morgan fingerprint density at radius 2 is 2.05 bits per heavy atom. The van der Waals surface area contributed by atoms with Gasteiger partial charge in [-0.05, 0) is 47.1 Å². The van der Waals surface area contributed by atoms with E-state index in [9.17, 15) is 5.11 Å². The molecule has 0 bridgehead atoms. The van der Waals surface area contributed by atoms with E-state index in [-0.39, 0.29) is 12.0 Å². The van der Waals surface area contributed by atoms with E-state index < -0.39 is 0 Å². The van der Waals surface area contributed by atoms with Crippen molar-refractivity contribution in [3.8, 4) is 0 Å². The second kappa shape index (κ2) is 5.25. The highest BCUT2D eigenvalue weighted by atomic mass is 16.3. The van der Waals surface area contributed by atoms with Gasteiger partial charge in [0.05, 0.1) is 12.3 Å². The maximum absolute atomic E-state index is 9.43. The van der Waals surface area contributed by atoms with Gasteiger partial charge in [0.1, 0.15) is 0 Å². The monoisotopic (exact) mass is 258 g/mol. The van der Waals surface area contributed by atoms with Gasteiger partial charge in [-0.15, -0.1) is 0 Å². The third kappa shape index (κ3) is 2.76. The van der Waals surface area contributed by atoms with Crippen molar-refractivity contribution in [1.29, 1.82) is 0 Å². The van der Waals surface area contributed by atoms with Crippen molar-refractivity contribution < 1.29 is 5.11 Å². The molecule has 19 heavy (non-hydrogen) atoms. The average Bonchev–Trinajstić information content (AvgIpc) is 2.38. The Hall–Kier alpha value is -1.48. The highest BCUT2D eigenvalue weighted by molar-refractivity contribution is 5.86. The van der Waals surface area contributed by atoms with Crippen molar-refractivity contribution >= 4 is 11.8 Å². The Bertz CT molecular complexity index is 536. The van der Waals surface area contributed by atoms with E-state index >= 15 is 0 Å². The van der Waals surface area contributed by atoms with Crippen LogP contribution < -0.4 is 0 Å². The van der Waals surface area contributed by atoms with E-state index in [1.807, 2.05) is 6.21 Å². The van der Waals surface area contributed by atoms with Crippen molar-refractivity contribution in [2.24, 2.45) is 4.99 Å². The number of aliphatic imine (C=N–C) groups is 1. The summed E-state index contributed by atoms with van der Waals surface area (Å²) in [5.41, 5.74) is 5.62. The summed E-state index contributed by atoms with van der Waals surface area (Å²) in [5.74, 6) is 0. The van der Waals surface area contributed by atoms with Crippen LogP contribution in [0.2, 0.25) is 0 Å². The van der Waals surface area contributed by atoms with Crippen LogP contribution in [0.15, 0.2) is 17.3 Å². The van der Waals surface area contributed by atoms with Gasteiger partial charge in [-0.3, -0.25) is 9.98 Å². The number of aromatic nitrogens is 1. The molecule has 2 heterocycles. The van der Waals surface area contributed by atoms with Crippen LogP contribution in [0.25, 0.3) is 5.57 Å². The van der Waals surface area contributed by atoms with Gasteiger partial charge in [-0.25, -0.2) is 0 Å². The van der Waals surface area contributed by atoms with Gasteiger partial charge < -0.3 is 5.11 Å². The summed E-state index contributed by atoms with van der Waals surface area (Å²) in [6.07, 6.45) is 6.65. The van der Waals surface area contributed by atoms with Gasteiger partial charge in [0, 0.05) is 19.0 Å². The average molecular weight is 258 g/mol. The van der Waals surface area contributed by atoms with Crippen LogP contribution in [-0.2, 0) is 12.0 Å². The smallest absolute Gasteiger partial charge is 0.0703 e. The van der Waals surface area contributed by atoms with Crippen LogP contribution >= 0.6 is 0 Å². The van der Waals surface area contributed by atoms with E-state index in [4.69, 9.17) is 0 Å². The van der Waals surface area contributed by atoms with Crippen LogP contribution in [0, 0.1) is 6.92 Å². The van der Waals surface area contributed by atoms with Gasteiger partial charge in [0.15, 0.2) is 0 Å². The minimum atomic E-state index is 0.00697. The molecule has 0 fully saturated rings. The molecule has 3 heteroatoms. The molecule has 3 nitrogen and oxygen atoms in total. The summed E-state index contributed by atoms with van der Waals surface area (Å²) >= 11 is 0. The molecule has 0 radical (unpaired) electrons. The van der Waals surface area contributed by atoms with E-state index in [1.165, 1.54) is 11.1 Å². The number of aliphatic hydroxyl groups excluding tert-OH is 1. The fourth-order valence-electron chi connectivity index (χ4n) is 2.65. The zero-order valence-corrected chi connectivity index (χ0v) is 12.2. The van der Waals surface area contributed by atoms with Crippen molar-refractivity contribution in [1.82, 2.24) is 4.98 Å². The van der Waals surface area contributed by atoms with E-state index in [0.29, 0.717) is 0 Å². The van der Waals surface area contributed by atoms with Crippen LogP contribution in [0.5, 0.6) is 0 Å². The van der Waals surface area contributed by atoms with Gasteiger partial charge in [-0.1, -0.05) is 20.8 Å². The lowest BCUT2D eigenvalue weighted by Gasteiger charge is -2.27. The third-order valence-electron chi connectivity index (χ3n) is 3.56. The number of hydrogen-bond donors (Lipinski definition) is 1. The van der Waals surface area contributed by atoms with Gasteiger partial charge in [-0.2, -0.15) is 0 Å². The minimum Gasteiger partial charge on any atom is -0.392 e. The van der Waals surface area contributed by atoms with Crippen LogP contribution in [0.4, 0.5) is 0 Å². The summed E-state index contributed by atoms with van der Waals surface area (Å²) in [5, 5.41) is 9.43. The molecule has 102 valence electrons. The number of hydrogen-bond acceptors (Lipinski definition) is 3. The Kier molecular flexibility index (Phi) is 3.85. The van der Waals surface area contributed by atoms with Crippen LogP contribution in [0.3, 0.4) is 0 Å². The quantitative estimate of drug-likeness (QED) is 0.886. The molecular weight excluding hydrogens is 236 g/mol. The standard InChI is InChI=1S/C16H22N2O/c1-11-13(10-19)9-18-15(14(11)16(2,3)4)12-5-7-17-8-6-12/h5,7,9,19H,6,8,10H2,1-4H3. The number of dihydropyridines is 1. The molecule has 1 aliphatic heterocycles. The Morgan fingerprint density at radius 3 is 2.58 bits per heavy atom. The number of rotatable bonds is 2. The molecule has 0 spiro atoms. The SMILES string of the molecule is Cc1c(CO)cnc(C2=CC=NCC2)c1C(C)(C)C. The molecule has 0 aliphatic carbocycles. The predicted molar refractivity (Wildman–Crippen MR) is 79.5 cm³/mol. The fraction of sp³-hybridized carbons (Fsp3) is 0.500. The zero-order chi connectivity index (χ0) is 14.0. The van der Waals surface area contributed by atoms with Crippen molar-refractivity contribution in [3.05, 3.63) is 34.7 Å². The molecular formula is C16H22N2O. The van der Waals surface area contributed by atoms with Gasteiger partial charge >= 0.3 is 0 Å². The van der Waals surface area contributed by atoms with Gasteiger partial charge in [0.2, 0.25) is 0 Å². The second-order valence-corrected chi connectivity index (χ2v) is 6.04. The summed E-state index contributed by atoms with van der Waals surface area (Å²) in [4.78, 5) is 8.84. The number of nitrogens with zero attached hydrogens (tertiary/aromatic N) is 2. The van der Waals surface area contributed by atoms with Crippen molar-refractivity contribution in [2.45, 2.75) is 46.1 Å². The Balaban J connectivity index is 2.64. The fourth-order valence-corrected chi connectivity index (χ4v) is 2.65. The molecule has 0 amide bonds. The highest BCUT2D eigenvalue weighted by Crippen LogP contribution is 2.34. The Labute approximate surface area is 115 Å². The molecule has 0 unspecified atom stereocenters. The molecule has 0 saturated carbocycles. The number of allylic oxidation sites excluding steroid dienone is 1. The van der Waals surface area contributed by atoms with E-state index in [2.05, 4.69) is 43.7 Å². The second-order valence-electron chi connectivity index (χ2n) is 6.04. The first-order valence-corrected chi connectivity index (χ1v) is 6.74. The Morgan fingerprint density at radius 1 is 1.32 bits per heavy atom. The van der Waals surface area contributed by atoms with Crippen LogP contribution in [0.1, 0.15) is 49.6 Å². The zero-order valence-electron chi connectivity index (χ0n) is 12.2. The van der Waals surface area contributed by atoms with Gasteiger partial charge in [0.25, 0.3) is 0 Å². The van der Waals surface area contributed by atoms with Crippen molar-refractivity contribution in [2.75, 3.05) is 6.54 Å². The lowest BCUT2D eigenvalue weighted by atomic mass is 9.79. The molecule has 0 saturated heterocycles. The van der Waals surface area contributed by atoms with E-state index in [1.54, 1.807) is 6.20 Å². The normalized spacial score (nSPS) is 15.5. The lowest BCUT2D eigenvalue weighted by Crippen LogP contribution is -2.19. The maximum Gasteiger partial charge on any atom is 0.0703 e. The largest absolute Gasteiger partial charge is 0.392 e. The first kappa shape index (κ1) is 13.9. The molecule has 0 aromatic carbocycles. The summed E-state index contributed by atoms with van der Waals surface area (Å²) in [6.45, 7) is 9.53. The third-order valence-corrected chi connectivity index (χ3v) is 3.56. The molecule has 2 rings (SSSR count). The predicted octanol–water partition coefficient (Wildman–Crippen LogP) is 3.04. The number of aliphatic hydroxyl groups is 1. The van der Waals surface area contributed by atoms with E-state index in [0.717, 1.165) is 29.8 Å². The lowest BCUT2D eigenvalue weighted by molar-refractivity contribution is 0.280. The summed E-state index contributed by atoms with van der Waals surface area (Å²) in [6, 6.07) is 0. The summed E-state index contributed by atoms with van der Waals surface area (Å²) in [7, 11) is 0. The number of pyridine rings is 1.